The quantitative estimate of drug-likeness (QED) is 0.306. The minimum atomic E-state index is -0.667. The molecular weight excluding hydrogens is 226 g/mol. The maximum absolute atomic E-state index is 10.4. The Balaban J connectivity index is 0. The van der Waals surface area contributed by atoms with Crippen molar-refractivity contribution in [2.75, 3.05) is 26.6 Å². The van der Waals surface area contributed by atoms with Gasteiger partial charge in [-0.25, -0.2) is 0 Å². The monoisotopic (exact) mass is 249 g/mol. The summed E-state index contributed by atoms with van der Waals surface area (Å²) in [6.45, 7) is 5.95. The van der Waals surface area contributed by atoms with E-state index in [4.69, 9.17) is 20.4 Å². The Morgan fingerprint density at radius 3 is 1.65 bits per heavy atom. The molecule has 0 radical (unpaired) electrons. The first-order valence-corrected chi connectivity index (χ1v) is 5.30. The van der Waals surface area contributed by atoms with Crippen LogP contribution in [0.1, 0.15) is 20.3 Å². The van der Waals surface area contributed by atoms with Crippen LogP contribution in [0.4, 0.5) is 0 Å². The molecule has 0 aromatic carbocycles. The second kappa shape index (κ2) is 10.2. The SMILES string of the molecule is C=C(C)C(=O)NCO.CCC(CO)(CO)CO. The summed E-state index contributed by atoms with van der Waals surface area (Å²) in [6, 6.07) is 0. The van der Waals surface area contributed by atoms with Crippen LogP contribution in [0.2, 0.25) is 0 Å². The number of hydrogen-bond donors (Lipinski definition) is 5. The third kappa shape index (κ3) is 7.87. The first-order chi connectivity index (χ1) is 7.92. The summed E-state index contributed by atoms with van der Waals surface area (Å²) in [7, 11) is 0. The van der Waals surface area contributed by atoms with Crippen molar-refractivity contribution in [3.05, 3.63) is 12.2 Å². The summed E-state index contributed by atoms with van der Waals surface area (Å²) in [5.41, 5.74) is -0.265. The van der Waals surface area contributed by atoms with E-state index >= 15 is 0 Å². The summed E-state index contributed by atoms with van der Waals surface area (Å²) in [4.78, 5) is 10.4. The van der Waals surface area contributed by atoms with Crippen molar-refractivity contribution in [1.29, 1.82) is 0 Å². The minimum absolute atomic E-state index is 0.156. The van der Waals surface area contributed by atoms with Gasteiger partial charge in [-0.05, 0) is 13.3 Å². The molecule has 0 saturated carbocycles. The third-order valence-corrected chi connectivity index (χ3v) is 2.38. The van der Waals surface area contributed by atoms with Gasteiger partial charge in [-0.3, -0.25) is 4.79 Å². The van der Waals surface area contributed by atoms with Crippen molar-refractivity contribution in [3.63, 3.8) is 0 Å². The lowest BCUT2D eigenvalue weighted by molar-refractivity contribution is -0.118. The fourth-order valence-corrected chi connectivity index (χ4v) is 0.708. The van der Waals surface area contributed by atoms with Crippen LogP contribution in [0.5, 0.6) is 0 Å². The van der Waals surface area contributed by atoms with E-state index < -0.39 is 5.41 Å². The van der Waals surface area contributed by atoms with Crippen molar-refractivity contribution >= 4 is 5.91 Å². The Hall–Kier alpha value is -0.950. The number of carbonyl (C=O) groups excluding carboxylic acids is 1. The average molecular weight is 249 g/mol. The van der Waals surface area contributed by atoms with Gasteiger partial charge >= 0.3 is 0 Å². The average Bonchev–Trinajstić information content (AvgIpc) is 2.34. The molecule has 0 heterocycles. The summed E-state index contributed by atoms with van der Waals surface area (Å²) in [5.74, 6) is -0.312. The number of hydrogen-bond acceptors (Lipinski definition) is 5. The van der Waals surface area contributed by atoms with Gasteiger partial charge in [0.05, 0.1) is 19.8 Å². The molecule has 0 aliphatic rings. The molecule has 5 N–H and O–H groups in total. The fraction of sp³-hybridized carbons (Fsp3) is 0.727. The molecule has 1 amide bonds. The van der Waals surface area contributed by atoms with E-state index in [1.54, 1.807) is 6.92 Å². The van der Waals surface area contributed by atoms with Crippen LogP contribution in [0, 0.1) is 5.41 Å². The van der Waals surface area contributed by atoms with E-state index in [0.717, 1.165) is 0 Å². The summed E-state index contributed by atoms with van der Waals surface area (Å²) in [6.07, 6.45) is 0.594. The predicted molar refractivity (Wildman–Crippen MR) is 64.0 cm³/mol. The largest absolute Gasteiger partial charge is 0.396 e. The molecular formula is C11H23NO5. The Kier molecular flexibility index (Phi) is 11.1. The van der Waals surface area contributed by atoms with Gasteiger partial charge in [0.15, 0.2) is 0 Å². The van der Waals surface area contributed by atoms with Crippen LogP contribution in [-0.4, -0.2) is 52.9 Å². The maximum Gasteiger partial charge on any atom is 0.248 e. The Morgan fingerprint density at radius 1 is 1.18 bits per heavy atom. The third-order valence-electron chi connectivity index (χ3n) is 2.38. The molecule has 102 valence electrons. The summed E-state index contributed by atoms with van der Waals surface area (Å²) >= 11 is 0. The number of aliphatic hydroxyl groups is 4. The number of nitrogens with one attached hydrogen (secondary N) is 1. The van der Waals surface area contributed by atoms with Crippen molar-refractivity contribution in [1.82, 2.24) is 5.32 Å². The normalized spacial score (nSPS) is 10.2. The molecule has 6 nitrogen and oxygen atoms in total. The number of amides is 1. The lowest BCUT2D eigenvalue weighted by atomic mass is 9.88. The van der Waals surface area contributed by atoms with Gasteiger partial charge in [0.2, 0.25) is 5.91 Å². The van der Waals surface area contributed by atoms with Gasteiger partial charge in [-0.1, -0.05) is 13.5 Å². The van der Waals surface area contributed by atoms with Gasteiger partial charge in [-0.2, -0.15) is 0 Å². The highest BCUT2D eigenvalue weighted by Gasteiger charge is 2.24. The second-order valence-electron chi connectivity index (χ2n) is 3.77. The number of rotatable bonds is 6. The molecule has 0 atom stereocenters. The van der Waals surface area contributed by atoms with Crippen molar-refractivity contribution < 1.29 is 25.2 Å². The molecule has 0 aliphatic carbocycles. The minimum Gasteiger partial charge on any atom is -0.396 e. The highest BCUT2D eigenvalue weighted by molar-refractivity contribution is 5.91. The first-order valence-electron chi connectivity index (χ1n) is 5.30. The Morgan fingerprint density at radius 2 is 1.59 bits per heavy atom. The van der Waals surface area contributed by atoms with Crippen LogP contribution in [0.25, 0.3) is 0 Å². The van der Waals surface area contributed by atoms with Crippen LogP contribution >= 0.6 is 0 Å². The zero-order chi connectivity index (χ0) is 13.9. The molecule has 0 unspecified atom stereocenters. The lowest BCUT2D eigenvalue weighted by Gasteiger charge is -2.24. The molecule has 6 heteroatoms. The Bertz CT molecular complexity index is 208. The maximum atomic E-state index is 10.4. The predicted octanol–water partition coefficient (Wildman–Crippen LogP) is -1.01. The van der Waals surface area contributed by atoms with Gasteiger partial charge in [0.25, 0.3) is 0 Å². The van der Waals surface area contributed by atoms with E-state index in [1.165, 1.54) is 0 Å². The van der Waals surface area contributed by atoms with Gasteiger partial charge in [-0.15, -0.1) is 0 Å². The Labute approximate surface area is 102 Å². The summed E-state index contributed by atoms with van der Waals surface area (Å²) in [5, 5.41) is 36.2. The van der Waals surface area contributed by atoms with Crippen LogP contribution in [-0.2, 0) is 4.79 Å². The van der Waals surface area contributed by atoms with Crippen LogP contribution in [0.3, 0.4) is 0 Å². The van der Waals surface area contributed by atoms with E-state index in [9.17, 15) is 4.79 Å². The zero-order valence-corrected chi connectivity index (χ0v) is 10.4. The molecule has 0 aliphatic heterocycles. The van der Waals surface area contributed by atoms with Crippen molar-refractivity contribution in [3.8, 4) is 0 Å². The van der Waals surface area contributed by atoms with E-state index in [2.05, 4.69) is 11.9 Å². The zero-order valence-electron chi connectivity index (χ0n) is 10.4. The van der Waals surface area contributed by atoms with Crippen LogP contribution in [0.15, 0.2) is 12.2 Å². The fourth-order valence-electron chi connectivity index (χ4n) is 0.708. The van der Waals surface area contributed by atoms with Gasteiger partial charge in [0, 0.05) is 11.0 Å². The molecule has 0 saturated heterocycles. The number of aliphatic hydroxyl groups excluding tert-OH is 4. The molecule has 0 fully saturated rings. The molecule has 0 spiro atoms. The highest BCUT2D eigenvalue weighted by Crippen LogP contribution is 2.18. The smallest absolute Gasteiger partial charge is 0.248 e. The number of carbonyl (C=O) groups is 1. The van der Waals surface area contributed by atoms with Crippen molar-refractivity contribution in [2.24, 2.45) is 5.41 Å². The second-order valence-corrected chi connectivity index (χ2v) is 3.77. The molecule has 0 aromatic heterocycles. The van der Waals surface area contributed by atoms with E-state index in [1.807, 2.05) is 6.92 Å². The molecule has 0 aromatic rings. The summed E-state index contributed by atoms with van der Waals surface area (Å²) < 4.78 is 0. The standard InChI is InChI=1S/C6H14O3.C5H9NO2/c1-2-6(3-7,4-8)5-9;1-4(2)5(8)6-3-7/h7-9H,2-5H2,1H3;7H,1,3H2,2H3,(H,6,8). The highest BCUT2D eigenvalue weighted by atomic mass is 16.3. The van der Waals surface area contributed by atoms with Crippen molar-refractivity contribution in [2.45, 2.75) is 20.3 Å². The van der Waals surface area contributed by atoms with E-state index in [0.29, 0.717) is 12.0 Å². The van der Waals surface area contributed by atoms with E-state index in [-0.39, 0.29) is 32.5 Å². The molecule has 0 bridgehead atoms. The molecule has 17 heavy (non-hydrogen) atoms. The van der Waals surface area contributed by atoms with Gasteiger partial charge < -0.3 is 25.7 Å². The first kappa shape index (κ1) is 18.4. The molecule has 0 rings (SSSR count). The van der Waals surface area contributed by atoms with Crippen LogP contribution < -0.4 is 5.32 Å². The van der Waals surface area contributed by atoms with Gasteiger partial charge in [0.1, 0.15) is 6.73 Å². The topological polar surface area (TPSA) is 110 Å². The lowest BCUT2D eigenvalue weighted by Crippen LogP contribution is -2.32.